The van der Waals surface area contributed by atoms with Gasteiger partial charge in [-0.05, 0) is 19.9 Å². The first-order chi connectivity index (χ1) is 7.54. The molecule has 0 spiro atoms. The van der Waals surface area contributed by atoms with Crippen molar-refractivity contribution in [3.63, 3.8) is 0 Å². The third kappa shape index (κ3) is 3.43. The number of ketones is 1. The van der Waals surface area contributed by atoms with E-state index in [1.807, 2.05) is 30.8 Å². The molecule has 90 valence electrons. The normalized spacial score (nSPS) is 13.1. The molecule has 0 aliphatic heterocycles. The van der Waals surface area contributed by atoms with Crippen LogP contribution in [0.4, 0.5) is 0 Å². The fraction of sp³-hybridized carbons (Fsp3) is 0.636. The molecule has 0 amide bonds. The third-order valence-electron chi connectivity index (χ3n) is 2.31. The number of nitrogens with two attached hydrogens (primary N) is 1. The minimum absolute atomic E-state index is 0.0455. The number of rotatable bonds is 6. The second kappa shape index (κ2) is 5.77. The molecule has 1 unspecified atom stereocenters. The van der Waals surface area contributed by atoms with E-state index in [0.29, 0.717) is 6.04 Å². The van der Waals surface area contributed by atoms with Crippen molar-refractivity contribution in [3.05, 3.63) is 18.0 Å². The van der Waals surface area contributed by atoms with E-state index in [1.54, 1.807) is 0 Å². The molecule has 0 fully saturated rings. The molecular formula is C11H19N3O2. The lowest BCUT2D eigenvalue weighted by atomic mass is 10.1. The van der Waals surface area contributed by atoms with E-state index >= 15 is 0 Å². The fourth-order valence-corrected chi connectivity index (χ4v) is 1.34. The molecule has 5 heteroatoms. The zero-order chi connectivity index (χ0) is 12.1. The molecule has 1 aromatic heterocycles. The van der Waals surface area contributed by atoms with Crippen molar-refractivity contribution < 1.29 is 9.53 Å². The smallest absolute Gasteiger partial charge is 0.157 e. The number of nitrogens with zero attached hydrogens (tertiary/aromatic N) is 2. The molecule has 0 aliphatic rings. The van der Waals surface area contributed by atoms with Crippen molar-refractivity contribution in [1.29, 1.82) is 0 Å². The predicted molar refractivity (Wildman–Crippen MR) is 61.2 cm³/mol. The summed E-state index contributed by atoms with van der Waals surface area (Å²) in [5.74, 6) is -0.0455. The highest BCUT2D eigenvalue weighted by Crippen LogP contribution is 2.05. The molecule has 5 nitrogen and oxygen atoms in total. The maximum absolute atomic E-state index is 11.6. The summed E-state index contributed by atoms with van der Waals surface area (Å²) < 4.78 is 6.66. The quantitative estimate of drug-likeness (QED) is 0.767. The largest absolute Gasteiger partial charge is 0.383 e. The number of hydrogen-bond acceptors (Lipinski definition) is 4. The highest BCUT2D eigenvalue weighted by molar-refractivity contribution is 5.85. The molecular weight excluding hydrogens is 206 g/mol. The average Bonchev–Trinajstić information content (AvgIpc) is 2.66. The van der Waals surface area contributed by atoms with E-state index in [0.717, 1.165) is 5.69 Å². The van der Waals surface area contributed by atoms with Gasteiger partial charge in [0.15, 0.2) is 5.78 Å². The van der Waals surface area contributed by atoms with Gasteiger partial charge in [0.25, 0.3) is 0 Å². The lowest BCUT2D eigenvalue weighted by Crippen LogP contribution is -2.36. The highest BCUT2D eigenvalue weighted by atomic mass is 16.5. The maximum Gasteiger partial charge on any atom is 0.157 e. The summed E-state index contributed by atoms with van der Waals surface area (Å²) >= 11 is 0. The van der Waals surface area contributed by atoms with Crippen molar-refractivity contribution in [1.82, 2.24) is 9.78 Å². The first-order valence-electron chi connectivity index (χ1n) is 5.36. The van der Waals surface area contributed by atoms with Crippen LogP contribution >= 0.6 is 0 Å². The SMILES string of the molecule is COCC(N)C(=O)Cc1ccn(C(C)C)n1. The molecule has 0 bridgehead atoms. The molecule has 1 rings (SSSR count). The summed E-state index contributed by atoms with van der Waals surface area (Å²) in [5, 5.41) is 4.29. The monoisotopic (exact) mass is 225 g/mol. The summed E-state index contributed by atoms with van der Waals surface area (Å²) in [4.78, 5) is 11.6. The Labute approximate surface area is 95.6 Å². The predicted octanol–water partition coefficient (Wildman–Crippen LogP) is 0.549. The van der Waals surface area contributed by atoms with E-state index in [2.05, 4.69) is 5.10 Å². The first kappa shape index (κ1) is 12.9. The van der Waals surface area contributed by atoms with E-state index in [-0.39, 0.29) is 18.8 Å². The van der Waals surface area contributed by atoms with Crippen LogP contribution in [0.1, 0.15) is 25.6 Å². The minimum atomic E-state index is -0.561. The first-order valence-corrected chi connectivity index (χ1v) is 5.36. The summed E-state index contributed by atoms with van der Waals surface area (Å²) in [5.41, 5.74) is 6.39. The second-order valence-corrected chi connectivity index (χ2v) is 4.09. The van der Waals surface area contributed by atoms with Gasteiger partial charge in [-0.25, -0.2) is 0 Å². The number of carbonyl (C=O) groups excluding carboxylic acids is 1. The van der Waals surface area contributed by atoms with Crippen LogP contribution in [0.15, 0.2) is 12.3 Å². The molecule has 1 heterocycles. The van der Waals surface area contributed by atoms with Crippen LogP contribution < -0.4 is 5.73 Å². The molecule has 0 aromatic carbocycles. The van der Waals surface area contributed by atoms with E-state index in [9.17, 15) is 4.79 Å². The molecule has 1 aromatic rings. The van der Waals surface area contributed by atoms with Gasteiger partial charge in [0.05, 0.1) is 24.8 Å². The van der Waals surface area contributed by atoms with Gasteiger partial charge in [-0.1, -0.05) is 0 Å². The van der Waals surface area contributed by atoms with Crippen LogP contribution in [0, 0.1) is 0 Å². The van der Waals surface area contributed by atoms with Gasteiger partial charge in [-0.3, -0.25) is 9.48 Å². The highest BCUT2D eigenvalue weighted by Gasteiger charge is 2.15. The number of Topliss-reactive ketones (excluding diaryl/α,β-unsaturated/α-hetero) is 1. The maximum atomic E-state index is 11.6. The van der Waals surface area contributed by atoms with Crippen LogP contribution in [-0.4, -0.2) is 35.3 Å². The summed E-state index contributed by atoms with van der Waals surface area (Å²) in [6.45, 7) is 4.33. The standard InChI is InChI=1S/C11H19N3O2/c1-8(2)14-5-4-9(13-14)6-11(15)10(12)7-16-3/h4-5,8,10H,6-7,12H2,1-3H3. The number of hydrogen-bond donors (Lipinski definition) is 1. The molecule has 16 heavy (non-hydrogen) atoms. The van der Waals surface area contributed by atoms with Gasteiger partial charge in [-0.2, -0.15) is 5.10 Å². The molecule has 1 atom stereocenters. The van der Waals surface area contributed by atoms with Gasteiger partial charge >= 0.3 is 0 Å². The van der Waals surface area contributed by atoms with Gasteiger partial charge in [-0.15, -0.1) is 0 Å². The van der Waals surface area contributed by atoms with E-state index in [4.69, 9.17) is 10.5 Å². The van der Waals surface area contributed by atoms with Crippen molar-refractivity contribution in [2.75, 3.05) is 13.7 Å². The zero-order valence-corrected chi connectivity index (χ0v) is 10.0. The summed E-state index contributed by atoms with van der Waals surface area (Å²) in [6.07, 6.45) is 2.14. The Kier molecular flexibility index (Phi) is 4.64. The Hall–Kier alpha value is -1.20. The summed E-state index contributed by atoms with van der Waals surface area (Å²) in [7, 11) is 1.53. The lowest BCUT2D eigenvalue weighted by molar-refractivity contribution is -0.120. The van der Waals surface area contributed by atoms with Crippen molar-refractivity contribution in [2.45, 2.75) is 32.4 Å². The third-order valence-corrected chi connectivity index (χ3v) is 2.31. The fourth-order valence-electron chi connectivity index (χ4n) is 1.34. The van der Waals surface area contributed by atoms with Gasteiger partial charge in [0, 0.05) is 19.3 Å². The zero-order valence-electron chi connectivity index (χ0n) is 10.0. The second-order valence-electron chi connectivity index (χ2n) is 4.09. The molecule has 0 radical (unpaired) electrons. The van der Waals surface area contributed by atoms with Gasteiger partial charge in [0.1, 0.15) is 0 Å². The van der Waals surface area contributed by atoms with Crippen molar-refractivity contribution in [2.24, 2.45) is 5.73 Å². The van der Waals surface area contributed by atoms with E-state index < -0.39 is 6.04 Å². The lowest BCUT2D eigenvalue weighted by Gasteiger charge is -2.08. The molecule has 0 aliphatic carbocycles. The average molecular weight is 225 g/mol. The summed E-state index contributed by atoms with van der Waals surface area (Å²) in [6, 6.07) is 1.59. The van der Waals surface area contributed by atoms with E-state index in [1.165, 1.54) is 7.11 Å². The number of carbonyl (C=O) groups is 1. The van der Waals surface area contributed by atoms with Gasteiger partial charge < -0.3 is 10.5 Å². The minimum Gasteiger partial charge on any atom is -0.383 e. The van der Waals surface area contributed by atoms with Crippen molar-refractivity contribution in [3.8, 4) is 0 Å². The molecule has 0 saturated carbocycles. The Morgan fingerprint density at radius 2 is 2.31 bits per heavy atom. The Morgan fingerprint density at radius 1 is 1.62 bits per heavy atom. The topological polar surface area (TPSA) is 70.1 Å². The van der Waals surface area contributed by atoms with Crippen LogP contribution in [-0.2, 0) is 16.0 Å². The number of methoxy groups -OCH3 is 1. The number of ether oxygens (including phenoxy) is 1. The van der Waals surface area contributed by atoms with Crippen LogP contribution in [0.2, 0.25) is 0 Å². The Morgan fingerprint density at radius 3 is 2.81 bits per heavy atom. The number of aromatic nitrogens is 2. The molecule has 2 N–H and O–H groups in total. The van der Waals surface area contributed by atoms with Crippen molar-refractivity contribution >= 4 is 5.78 Å². The Bertz CT molecular complexity index is 347. The Balaban J connectivity index is 2.56. The van der Waals surface area contributed by atoms with Gasteiger partial charge in [0.2, 0.25) is 0 Å². The molecule has 0 saturated heterocycles. The van der Waals surface area contributed by atoms with Crippen LogP contribution in [0.3, 0.4) is 0 Å². The van der Waals surface area contributed by atoms with Crippen LogP contribution in [0.25, 0.3) is 0 Å². The van der Waals surface area contributed by atoms with Crippen LogP contribution in [0.5, 0.6) is 0 Å².